The smallest absolute Gasteiger partial charge is 0.324 e. The largest absolute Gasteiger partial charge is 0.418 e. The molecule has 0 saturated heterocycles. The maximum absolute atomic E-state index is 12.9. The van der Waals surface area contributed by atoms with Crippen molar-refractivity contribution in [3.05, 3.63) is 41.4 Å². The van der Waals surface area contributed by atoms with Crippen molar-refractivity contribution in [3.63, 3.8) is 0 Å². The molecule has 1 rings (SSSR count). The number of halogens is 4. The zero-order chi connectivity index (χ0) is 17.1. The van der Waals surface area contributed by atoms with E-state index in [0.29, 0.717) is 6.07 Å². The van der Waals surface area contributed by atoms with Gasteiger partial charge < -0.3 is 5.32 Å². The quantitative estimate of drug-likeness (QED) is 0.824. The molecule has 0 saturated carbocycles. The van der Waals surface area contributed by atoms with Gasteiger partial charge in [-0.05, 0) is 25.1 Å². The number of amides is 1. The number of alkyl halides is 3. The summed E-state index contributed by atoms with van der Waals surface area (Å²) in [6, 6.07) is 2.78. The highest BCUT2D eigenvalue weighted by atomic mass is 35.5. The Morgan fingerprint density at radius 2 is 2.05 bits per heavy atom. The van der Waals surface area contributed by atoms with Gasteiger partial charge in [-0.15, -0.1) is 6.58 Å². The van der Waals surface area contributed by atoms with Crippen molar-refractivity contribution in [1.29, 1.82) is 0 Å². The molecule has 0 aliphatic carbocycles. The fraction of sp³-hybridized carbons (Fsp3) is 0.308. The zero-order valence-electron chi connectivity index (χ0n) is 11.4. The lowest BCUT2D eigenvalue weighted by Crippen LogP contribution is -2.34. The van der Waals surface area contributed by atoms with Crippen LogP contribution in [0, 0.1) is 0 Å². The number of rotatable bonds is 5. The normalized spacial score (nSPS) is 13.5. The minimum atomic E-state index is -4.74. The van der Waals surface area contributed by atoms with Gasteiger partial charge >= 0.3 is 6.18 Å². The van der Waals surface area contributed by atoms with E-state index in [2.05, 4.69) is 6.58 Å². The summed E-state index contributed by atoms with van der Waals surface area (Å²) in [5.41, 5.74) is -1.70. The SMILES string of the molecule is C=CCS(=O)(=O)C(C)C(=O)Nc1ccc(Cl)cc1C(F)(F)F. The van der Waals surface area contributed by atoms with Crippen LogP contribution in [0.3, 0.4) is 0 Å². The third-order valence-electron chi connectivity index (χ3n) is 2.80. The van der Waals surface area contributed by atoms with E-state index in [0.717, 1.165) is 25.1 Å². The van der Waals surface area contributed by atoms with Gasteiger partial charge in [0.1, 0.15) is 5.25 Å². The minimum Gasteiger partial charge on any atom is -0.324 e. The van der Waals surface area contributed by atoms with Crippen LogP contribution in [-0.2, 0) is 20.8 Å². The number of anilines is 1. The molecule has 22 heavy (non-hydrogen) atoms. The Kier molecular flexibility index (Phi) is 5.64. The van der Waals surface area contributed by atoms with E-state index in [1.165, 1.54) is 0 Å². The summed E-state index contributed by atoms with van der Waals surface area (Å²) in [5, 5.41) is 0.311. The Bertz CT molecular complexity index is 686. The molecule has 0 spiro atoms. The standard InChI is InChI=1S/C13H13ClF3NO3S/c1-3-6-22(20,21)8(2)12(19)18-11-5-4-9(14)7-10(11)13(15,16)17/h3-5,7-8H,1,6H2,2H3,(H,18,19). The van der Waals surface area contributed by atoms with Crippen molar-refractivity contribution in [2.75, 3.05) is 11.1 Å². The second-order valence-corrected chi connectivity index (χ2v) is 7.24. The van der Waals surface area contributed by atoms with Crippen LogP contribution in [0.2, 0.25) is 5.02 Å². The minimum absolute atomic E-state index is 0.155. The van der Waals surface area contributed by atoms with E-state index >= 15 is 0 Å². The third-order valence-corrected chi connectivity index (χ3v) is 5.03. The molecule has 1 amide bonds. The van der Waals surface area contributed by atoms with Gasteiger partial charge in [0.25, 0.3) is 0 Å². The summed E-state index contributed by atoms with van der Waals surface area (Å²) in [6.07, 6.45) is -3.64. The summed E-state index contributed by atoms with van der Waals surface area (Å²) in [5.74, 6) is -1.51. The number of carbonyl (C=O) groups is 1. The predicted octanol–water partition coefficient (Wildman–Crippen LogP) is 3.29. The molecule has 1 unspecified atom stereocenters. The average molecular weight is 356 g/mol. The highest BCUT2D eigenvalue weighted by Gasteiger charge is 2.35. The number of benzene rings is 1. The summed E-state index contributed by atoms with van der Waals surface area (Å²) in [6.45, 7) is 4.35. The van der Waals surface area contributed by atoms with Gasteiger partial charge in [-0.1, -0.05) is 17.7 Å². The first-order chi connectivity index (χ1) is 9.99. The molecule has 0 heterocycles. The van der Waals surface area contributed by atoms with E-state index in [-0.39, 0.29) is 5.02 Å². The third kappa shape index (κ3) is 4.48. The fourth-order valence-corrected chi connectivity index (χ4v) is 2.74. The van der Waals surface area contributed by atoms with Crippen LogP contribution in [0.1, 0.15) is 12.5 Å². The van der Waals surface area contributed by atoms with E-state index in [4.69, 9.17) is 11.6 Å². The lowest BCUT2D eigenvalue weighted by Gasteiger charge is -2.16. The topological polar surface area (TPSA) is 63.2 Å². The molecule has 1 N–H and O–H groups in total. The first kappa shape index (κ1) is 18.5. The van der Waals surface area contributed by atoms with Gasteiger partial charge in [-0.2, -0.15) is 13.2 Å². The van der Waals surface area contributed by atoms with Crippen LogP contribution in [0.5, 0.6) is 0 Å². The molecule has 122 valence electrons. The zero-order valence-corrected chi connectivity index (χ0v) is 13.0. The summed E-state index contributed by atoms with van der Waals surface area (Å²) in [4.78, 5) is 11.9. The van der Waals surface area contributed by atoms with Crippen molar-refractivity contribution in [1.82, 2.24) is 0 Å². The number of sulfone groups is 1. The summed E-state index contributed by atoms with van der Waals surface area (Å²) in [7, 11) is -3.82. The van der Waals surface area contributed by atoms with E-state index in [9.17, 15) is 26.4 Å². The number of hydrogen-bond donors (Lipinski definition) is 1. The van der Waals surface area contributed by atoms with Gasteiger partial charge in [-0.3, -0.25) is 4.79 Å². The maximum atomic E-state index is 12.9. The lowest BCUT2D eigenvalue weighted by atomic mass is 10.1. The van der Waals surface area contributed by atoms with Crippen molar-refractivity contribution < 1.29 is 26.4 Å². The van der Waals surface area contributed by atoms with Crippen LogP contribution < -0.4 is 5.32 Å². The van der Waals surface area contributed by atoms with Crippen LogP contribution >= 0.6 is 11.6 Å². The molecule has 1 aromatic carbocycles. The first-order valence-electron chi connectivity index (χ1n) is 5.99. The average Bonchev–Trinajstić information content (AvgIpc) is 2.38. The molecule has 0 aliphatic heterocycles. The van der Waals surface area contributed by atoms with Crippen molar-refractivity contribution >= 4 is 33.0 Å². The lowest BCUT2D eigenvalue weighted by molar-refractivity contribution is -0.137. The van der Waals surface area contributed by atoms with Crippen LogP contribution in [0.25, 0.3) is 0 Å². The Labute approximate surface area is 130 Å². The van der Waals surface area contributed by atoms with Crippen LogP contribution in [-0.4, -0.2) is 25.3 Å². The summed E-state index contributed by atoms with van der Waals surface area (Å²) >= 11 is 5.52. The second kappa shape index (κ2) is 6.70. The van der Waals surface area contributed by atoms with Crippen molar-refractivity contribution in [2.24, 2.45) is 0 Å². The monoisotopic (exact) mass is 355 g/mol. The van der Waals surface area contributed by atoms with Crippen molar-refractivity contribution in [3.8, 4) is 0 Å². The molecule has 1 atom stereocenters. The number of carbonyl (C=O) groups excluding carboxylic acids is 1. The molecule has 4 nitrogen and oxygen atoms in total. The Balaban J connectivity index is 3.10. The van der Waals surface area contributed by atoms with Gasteiger partial charge in [0, 0.05) is 5.02 Å². The molecule has 0 bridgehead atoms. The predicted molar refractivity (Wildman–Crippen MR) is 78.5 cm³/mol. The van der Waals surface area contributed by atoms with E-state index in [1.807, 2.05) is 5.32 Å². The number of hydrogen-bond acceptors (Lipinski definition) is 3. The molecule has 1 aromatic rings. The van der Waals surface area contributed by atoms with E-state index < -0.39 is 44.2 Å². The summed E-state index contributed by atoms with van der Waals surface area (Å²) < 4.78 is 62.1. The van der Waals surface area contributed by atoms with Gasteiger partial charge in [-0.25, -0.2) is 8.42 Å². The molecule has 0 radical (unpaired) electrons. The van der Waals surface area contributed by atoms with Crippen LogP contribution in [0.4, 0.5) is 18.9 Å². The second-order valence-electron chi connectivity index (χ2n) is 4.44. The molecule has 0 aliphatic rings. The Morgan fingerprint density at radius 3 is 2.55 bits per heavy atom. The van der Waals surface area contributed by atoms with Gasteiger partial charge in [0.2, 0.25) is 5.91 Å². The Morgan fingerprint density at radius 1 is 1.45 bits per heavy atom. The number of nitrogens with one attached hydrogen (secondary N) is 1. The van der Waals surface area contributed by atoms with E-state index in [1.54, 1.807) is 0 Å². The molecule has 0 aromatic heterocycles. The highest BCUT2D eigenvalue weighted by molar-refractivity contribution is 7.92. The van der Waals surface area contributed by atoms with Gasteiger partial charge in [0.05, 0.1) is 17.0 Å². The molecular weight excluding hydrogens is 343 g/mol. The van der Waals surface area contributed by atoms with Gasteiger partial charge in [0.15, 0.2) is 9.84 Å². The Hall–Kier alpha value is -1.54. The first-order valence-corrected chi connectivity index (χ1v) is 8.08. The molecule has 9 heteroatoms. The molecular formula is C13H13ClF3NO3S. The maximum Gasteiger partial charge on any atom is 0.418 e. The van der Waals surface area contributed by atoms with Crippen LogP contribution in [0.15, 0.2) is 30.9 Å². The fourth-order valence-electron chi connectivity index (χ4n) is 1.57. The highest BCUT2D eigenvalue weighted by Crippen LogP contribution is 2.36. The van der Waals surface area contributed by atoms with Crippen molar-refractivity contribution in [2.45, 2.75) is 18.3 Å². The molecule has 0 fully saturated rings.